The lowest BCUT2D eigenvalue weighted by molar-refractivity contribution is 0.0707. The van der Waals surface area contributed by atoms with Crippen LogP contribution in [-0.4, -0.2) is 47.3 Å². The van der Waals surface area contributed by atoms with Crippen molar-refractivity contribution in [1.29, 1.82) is 0 Å². The molecular formula is C15H34N2O3Si. The molecule has 0 aromatic carbocycles. The Labute approximate surface area is 131 Å². The number of hydrogen-bond acceptors (Lipinski definition) is 5. The van der Waals surface area contributed by atoms with E-state index >= 15 is 0 Å². The molecule has 1 saturated carbocycles. The minimum absolute atomic E-state index is 0.312. The molecule has 0 aliphatic heterocycles. The molecule has 1 aliphatic carbocycles. The highest BCUT2D eigenvalue weighted by Gasteiger charge is 2.39. The van der Waals surface area contributed by atoms with Gasteiger partial charge in [0.05, 0.1) is 0 Å². The molecule has 0 aromatic heterocycles. The zero-order chi connectivity index (χ0) is 15.6. The van der Waals surface area contributed by atoms with Gasteiger partial charge in [0.1, 0.15) is 0 Å². The van der Waals surface area contributed by atoms with Gasteiger partial charge in [0.2, 0.25) is 0 Å². The van der Waals surface area contributed by atoms with Gasteiger partial charge in [-0.05, 0) is 46.6 Å². The van der Waals surface area contributed by atoms with Crippen molar-refractivity contribution in [2.24, 2.45) is 5.73 Å². The van der Waals surface area contributed by atoms with Crippen LogP contribution < -0.4 is 11.1 Å². The molecule has 21 heavy (non-hydrogen) atoms. The zero-order valence-electron chi connectivity index (χ0n) is 14.0. The fourth-order valence-corrected chi connectivity index (χ4v) is 5.62. The molecule has 1 fully saturated rings. The summed E-state index contributed by atoms with van der Waals surface area (Å²) in [5.41, 5.74) is 6.16. The molecule has 6 heteroatoms. The van der Waals surface area contributed by atoms with Gasteiger partial charge in [0, 0.05) is 37.9 Å². The summed E-state index contributed by atoms with van der Waals surface area (Å²) in [5.74, 6) is 0. The van der Waals surface area contributed by atoms with E-state index in [1.54, 1.807) is 0 Å². The van der Waals surface area contributed by atoms with Crippen molar-refractivity contribution in [3.8, 4) is 0 Å². The lowest BCUT2D eigenvalue weighted by Crippen LogP contribution is -2.49. The third kappa shape index (κ3) is 6.75. The standard InChI is InChI=1S/C15H34N2O3Si/c1-4-18-21(19-5-2,20-6-3)13-9-12-17-15-11-8-7-10-14(15)16/h14-15,17H,4-13,16H2,1-3H3/t14-,15-/m1/s1. The molecule has 0 spiro atoms. The van der Waals surface area contributed by atoms with Crippen LogP contribution in [0.25, 0.3) is 0 Å². The van der Waals surface area contributed by atoms with Crippen LogP contribution in [0.1, 0.15) is 52.9 Å². The van der Waals surface area contributed by atoms with Crippen LogP contribution in [0.5, 0.6) is 0 Å². The van der Waals surface area contributed by atoms with Crippen LogP contribution in [0.15, 0.2) is 0 Å². The van der Waals surface area contributed by atoms with Gasteiger partial charge >= 0.3 is 8.80 Å². The molecule has 1 aliphatic rings. The highest BCUT2D eigenvalue weighted by molar-refractivity contribution is 6.60. The smallest absolute Gasteiger partial charge is 0.374 e. The van der Waals surface area contributed by atoms with E-state index < -0.39 is 8.80 Å². The van der Waals surface area contributed by atoms with Gasteiger partial charge in [-0.25, -0.2) is 0 Å². The summed E-state index contributed by atoms with van der Waals surface area (Å²) in [5, 5.41) is 3.60. The quantitative estimate of drug-likeness (QED) is 0.452. The predicted octanol–water partition coefficient (Wildman–Crippen LogP) is 2.28. The third-order valence-corrected chi connectivity index (χ3v) is 7.13. The first kappa shape index (κ1) is 19.1. The van der Waals surface area contributed by atoms with E-state index in [0.717, 1.165) is 25.4 Å². The second-order valence-electron chi connectivity index (χ2n) is 5.59. The SMILES string of the molecule is CCO[Si](CCCN[C@@H]1CCCC[C@H]1N)(OCC)OCC. The summed E-state index contributed by atoms with van der Waals surface area (Å²) in [7, 11) is -2.47. The predicted molar refractivity (Wildman–Crippen MR) is 88.3 cm³/mol. The third-order valence-electron chi connectivity index (χ3n) is 3.98. The average molecular weight is 319 g/mol. The number of nitrogens with two attached hydrogens (primary N) is 1. The van der Waals surface area contributed by atoms with Crippen LogP contribution in [-0.2, 0) is 13.3 Å². The zero-order valence-corrected chi connectivity index (χ0v) is 15.0. The summed E-state index contributed by atoms with van der Waals surface area (Å²) in [6.07, 6.45) is 5.92. The first-order valence-electron chi connectivity index (χ1n) is 8.58. The molecule has 0 radical (unpaired) electrons. The van der Waals surface area contributed by atoms with Crippen molar-refractivity contribution < 1.29 is 13.3 Å². The minimum Gasteiger partial charge on any atom is -0.374 e. The van der Waals surface area contributed by atoms with Gasteiger partial charge in [-0.15, -0.1) is 0 Å². The Hall–Kier alpha value is 0.0169. The average Bonchev–Trinajstić information content (AvgIpc) is 2.46. The Morgan fingerprint density at radius 1 is 1.00 bits per heavy atom. The van der Waals surface area contributed by atoms with Crippen LogP contribution in [0.2, 0.25) is 6.04 Å². The van der Waals surface area contributed by atoms with E-state index in [-0.39, 0.29) is 0 Å². The van der Waals surface area contributed by atoms with E-state index in [0.29, 0.717) is 31.9 Å². The molecule has 1 rings (SSSR count). The largest absolute Gasteiger partial charge is 0.500 e. The monoisotopic (exact) mass is 318 g/mol. The fourth-order valence-electron chi connectivity index (χ4n) is 3.01. The van der Waals surface area contributed by atoms with E-state index in [9.17, 15) is 0 Å². The minimum atomic E-state index is -2.47. The molecule has 0 heterocycles. The van der Waals surface area contributed by atoms with E-state index in [4.69, 9.17) is 19.0 Å². The number of rotatable bonds is 11. The van der Waals surface area contributed by atoms with Crippen molar-refractivity contribution in [2.75, 3.05) is 26.4 Å². The Morgan fingerprint density at radius 2 is 1.57 bits per heavy atom. The Kier molecular flexibility index (Phi) is 9.71. The van der Waals surface area contributed by atoms with Crippen molar-refractivity contribution in [1.82, 2.24) is 5.32 Å². The van der Waals surface area contributed by atoms with E-state index in [1.807, 2.05) is 20.8 Å². The van der Waals surface area contributed by atoms with Crippen LogP contribution >= 0.6 is 0 Å². The second kappa shape index (κ2) is 10.7. The summed E-state index contributed by atoms with van der Waals surface area (Å²) in [6, 6.07) is 1.66. The second-order valence-corrected chi connectivity index (χ2v) is 8.33. The summed E-state index contributed by atoms with van der Waals surface area (Å²) in [6.45, 7) is 8.89. The van der Waals surface area contributed by atoms with Gasteiger partial charge in [0.15, 0.2) is 0 Å². The van der Waals surface area contributed by atoms with Crippen molar-refractivity contribution in [3.05, 3.63) is 0 Å². The maximum absolute atomic E-state index is 6.16. The Bertz CT molecular complexity index is 252. The Balaban J connectivity index is 2.34. The Morgan fingerprint density at radius 3 is 2.10 bits per heavy atom. The normalized spacial score (nSPS) is 23.4. The maximum Gasteiger partial charge on any atom is 0.500 e. The van der Waals surface area contributed by atoms with E-state index in [1.165, 1.54) is 19.3 Å². The van der Waals surface area contributed by atoms with Crippen LogP contribution in [0.3, 0.4) is 0 Å². The summed E-state index contributed by atoms with van der Waals surface area (Å²) in [4.78, 5) is 0. The van der Waals surface area contributed by atoms with Gasteiger partial charge in [-0.2, -0.15) is 0 Å². The highest BCUT2D eigenvalue weighted by atomic mass is 28.4. The molecular weight excluding hydrogens is 284 g/mol. The van der Waals surface area contributed by atoms with Gasteiger partial charge in [-0.1, -0.05) is 12.8 Å². The maximum atomic E-state index is 6.16. The van der Waals surface area contributed by atoms with Gasteiger partial charge in [-0.3, -0.25) is 0 Å². The van der Waals surface area contributed by atoms with Crippen molar-refractivity contribution >= 4 is 8.80 Å². The molecule has 0 aromatic rings. The molecule has 5 nitrogen and oxygen atoms in total. The molecule has 0 unspecified atom stereocenters. The molecule has 0 bridgehead atoms. The first-order chi connectivity index (χ1) is 10.2. The lowest BCUT2D eigenvalue weighted by atomic mass is 9.91. The molecule has 2 atom stereocenters. The van der Waals surface area contributed by atoms with Gasteiger partial charge < -0.3 is 24.3 Å². The first-order valence-corrected chi connectivity index (χ1v) is 10.5. The fraction of sp³-hybridized carbons (Fsp3) is 1.00. The highest BCUT2D eigenvalue weighted by Crippen LogP contribution is 2.19. The van der Waals surface area contributed by atoms with Crippen LogP contribution in [0.4, 0.5) is 0 Å². The topological polar surface area (TPSA) is 65.7 Å². The summed E-state index contributed by atoms with van der Waals surface area (Å²) < 4.78 is 17.6. The van der Waals surface area contributed by atoms with Crippen molar-refractivity contribution in [3.63, 3.8) is 0 Å². The lowest BCUT2D eigenvalue weighted by Gasteiger charge is -2.31. The number of nitrogens with one attached hydrogen (secondary N) is 1. The molecule has 0 saturated heterocycles. The van der Waals surface area contributed by atoms with E-state index in [2.05, 4.69) is 5.32 Å². The van der Waals surface area contributed by atoms with Crippen LogP contribution in [0, 0.1) is 0 Å². The number of hydrogen-bond donors (Lipinski definition) is 2. The van der Waals surface area contributed by atoms with Crippen molar-refractivity contribution in [2.45, 2.75) is 71.0 Å². The molecule has 0 amide bonds. The van der Waals surface area contributed by atoms with Gasteiger partial charge in [0.25, 0.3) is 0 Å². The summed E-state index contributed by atoms with van der Waals surface area (Å²) >= 11 is 0. The molecule has 126 valence electrons. The molecule has 3 N–H and O–H groups in total.